The largest absolute Gasteiger partial charge is 0.234 e. The maximum absolute atomic E-state index is 5.79. The monoisotopic (exact) mass is 292 g/mol. The van der Waals surface area contributed by atoms with Crippen molar-refractivity contribution in [3.8, 4) is 10.6 Å². The Hall–Kier alpha value is -1.46. The zero-order chi connectivity index (χ0) is 13.4. The standard InChI is InChI=1S/C13H13ClN4S/c1-8(2)11-15-16-13-18(11)17-12(19-13)10-5-3-9(7-14)4-6-10/h3-6,8H,7H2,1-2H3. The molecule has 0 atom stereocenters. The van der Waals surface area contributed by atoms with Crippen molar-refractivity contribution in [1.29, 1.82) is 0 Å². The molecule has 98 valence electrons. The summed E-state index contributed by atoms with van der Waals surface area (Å²) in [6.45, 7) is 4.18. The van der Waals surface area contributed by atoms with Gasteiger partial charge in [0.15, 0.2) is 5.82 Å². The number of aromatic nitrogens is 4. The van der Waals surface area contributed by atoms with E-state index in [1.165, 1.54) is 0 Å². The third-order valence-electron chi connectivity index (χ3n) is 2.89. The Morgan fingerprint density at radius 3 is 2.58 bits per heavy atom. The second-order valence-electron chi connectivity index (χ2n) is 4.65. The van der Waals surface area contributed by atoms with E-state index in [-0.39, 0.29) is 0 Å². The molecule has 0 bridgehead atoms. The number of nitrogens with zero attached hydrogens (tertiary/aromatic N) is 4. The van der Waals surface area contributed by atoms with Crippen molar-refractivity contribution in [3.63, 3.8) is 0 Å². The molecule has 0 aliphatic carbocycles. The summed E-state index contributed by atoms with van der Waals surface area (Å²) >= 11 is 7.34. The molecule has 0 aliphatic heterocycles. The molecule has 0 fully saturated rings. The molecule has 2 heterocycles. The second kappa shape index (κ2) is 4.90. The molecule has 1 aromatic carbocycles. The van der Waals surface area contributed by atoms with Crippen LogP contribution in [0.3, 0.4) is 0 Å². The fourth-order valence-corrected chi connectivity index (χ4v) is 2.88. The minimum atomic E-state index is 0.309. The first-order valence-electron chi connectivity index (χ1n) is 6.06. The highest BCUT2D eigenvalue weighted by Gasteiger charge is 2.14. The topological polar surface area (TPSA) is 43.1 Å². The first kappa shape index (κ1) is 12.6. The van der Waals surface area contributed by atoms with Gasteiger partial charge < -0.3 is 0 Å². The zero-order valence-corrected chi connectivity index (χ0v) is 12.2. The average molecular weight is 293 g/mol. The third kappa shape index (κ3) is 2.24. The van der Waals surface area contributed by atoms with Crippen LogP contribution in [0.5, 0.6) is 0 Å². The molecule has 0 aliphatic rings. The lowest BCUT2D eigenvalue weighted by Gasteiger charge is -1.99. The quantitative estimate of drug-likeness (QED) is 0.691. The van der Waals surface area contributed by atoms with E-state index in [0.29, 0.717) is 11.8 Å². The van der Waals surface area contributed by atoms with E-state index >= 15 is 0 Å². The fourth-order valence-electron chi connectivity index (χ4n) is 1.85. The predicted octanol–water partition coefficient (Wildman–Crippen LogP) is 3.72. The van der Waals surface area contributed by atoms with Crippen LogP contribution in [0, 0.1) is 0 Å². The molecule has 3 aromatic rings. The lowest BCUT2D eigenvalue weighted by molar-refractivity contribution is 0.727. The van der Waals surface area contributed by atoms with Gasteiger partial charge in [-0.05, 0) is 5.56 Å². The molecule has 0 saturated heterocycles. The number of alkyl halides is 1. The van der Waals surface area contributed by atoms with E-state index < -0.39 is 0 Å². The van der Waals surface area contributed by atoms with Crippen molar-refractivity contribution < 1.29 is 0 Å². The number of halogens is 1. The summed E-state index contributed by atoms with van der Waals surface area (Å²) < 4.78 is 1.83. The molecular formula is C13H13ClN4S. The molecule has 3 rings (SSSR count). The van der Waals surface area contributed by atoms with Crippen LogP contribution < -0.4 is 0 Å². The van der Waals surface area contributed by atoms with Gasteiger partial charge in [-0.1, -0.05) is 49.4 Å². The number of fused-ring (bicyclic) bond motifs is 1. The Morgan fingerprint density at radius 1 is 1.21 bits per heavy atom. The van der Waals surface area contributed by atoms with Gasteiger partial charge >= 0.3 is 0 Å². The Bertz CT molecular complexity index is 699. The van der Waals surface area contributed by atoms with Gasteiger partial charge in [-0.25, -0.2) is 0 Å². The number of hydrogen-bond acceptors (Lipinski definition) is 4. The van der Waals surface area contributed by atoms with Crippen molar-refractivity contribution in [2.45, 2.75) is 25.6 Å². The predicted molar refractivity (Wildman–Crippen MR) is 77.7 cm³/mol. The summed E-state index contributed by atoms with van der Waals surface area (Å²) in [7, 11) is 0. The summed E-state index contributed by atoms with van der Waals surface area (Å²) in [5, 5.41) is 13.9. The van der Waals surface area contributed by atoms with Crippen molar-refractivity contribution in [2.75, 3.05) is 0 Å². The minimum absolute atomic E-state index is 0.309. The van der Waals surface area contributed by atoms with Crippen LogP contribution >= 0.6 is 22.9 Å². The summed E-state index contributed by atoms with van der Waals surface area (Å²) in [5.41, 5.74) is 2.19. The summed E-state index contributed by atoms with van der Waals surface area (Å²) in [6, 6.07) is 8.12. The van der Waals surface area contributed by atoms with Gasteiger partial charge in [-0.2, -0.15) is 9.61 Å². The fraction of sp³-hybridized carbons (Fsp3) is 0.308. The molecule has 19 heavy (non-hydrogen) atoms. The normalized spacial score (nSPS) is 11.6. The van der Waals surface area contributed by atoms with Crippen LogP contribution in [0.2, 0.25) is 0 Å². The van der Waals surface area contributed by atoms with E-state index in [1.807, 2.05) is 28.8 Å². The average Bonchev–Trinajstić information content (AvgIpc) is 2.98. The summed E-state index contributed by atoms with van der Waals surface area (Å²) in [6.07, 6.45) is 0. The van der Waals surface area contributed by atoms with Crippen LogP contribution in [-0.4, -0.2) is 19.8 Å². The molecule has 4 nitrogen and oxygen atoms in total. The molecule has 0 N–H and O–H groups in total. The molecule has 0 unspecified atom stereocenters. The van der Waals surface area contributed by atoms with Gasteiger partial charge in [-0.3, -0.25) is 0 Å². The van der Waals surface area contributed by atoms with Gasteiger partial charge in [0.25, 0.3) is 0 Å². The van der Waals surface area contributed by atoms with Crippen LogP contribution in [0.15, 0.2) is 24.3 Å². The van der Waals surface area contributed by atoms with E-state index in [1.54, 1.807) is 11.3 Å². The van der Waals surface area contributed by atoms with Gasteiger partial charge in [0, 0.05) is 17.4 Å². The Morgan fingerprint density at radius 2 is 1.95 bits per heavy atom. The van der Waals surface area contributed by atoms with Crippen LogP contribution in [0.25, 0.3) is 15.5 Å². The Kier molecular flexibility index (Phi) is 3.24. The Labute approximate surface area is 120 Å². The molecule has 0 spiro atoms. The Balaban J connectivity index is 2.04. The van der Waals surface area contributed by atoms with Crippen molar-refractivity contribution in [2.24, 2.45) is 0 Å². The van der Waals surface area contributed by atoms with Gasteiger partial charge in [0.2, 0.25) is 4.96 Å². The number of hydrogen-bond donors (Lipinski definition) is 0. The van der Waals surface area contributed by atoms with E-state index in [4.69, 9.17) is 11.6 Å². The summed E-state index contributed by atoms with van der Waals surface area (Å²) in [4.78, 5) is 0.833. The molecule has 0 radical (unpaired) electrons. The van der Waals surface area contributed by atoms with Crippen molar-refractivity contribution in [1.82, 2.24) is 19.8 Å². The highest BCUT2D eigenvalue weighted by Crippen LogP contribution is 2.27. The van der Waals surface area contributed by atoms with Crippen molar-refractivity contribution >= 4 is 27.9 Å². The lowest BCUT2D eigenvalue weighted by atomic mass is 10.2. The zero-order valence-electron chi connectivity index (χ0n) is 10.7. The van der Waals surface area contributed by atoms with Crippen LogP contribution in [0.4, 0.5) is 0 Å². The first-order valence-corrected chi connectivity index (χ1v) is 7.41. The second-order valence-corrected chi connectivity index (χ2v) is 5.87. The van der Waals surface area contributed by atoms with Crippen LogP contribution in [-0.2, 0) is 5.88 Å². The molecule has 2 aromatic heterocycles. The molecular weight excluding hydrogens is 280 g/mol. The summed E-state index contributed by atoms with van der Waals surface area (Å²) in [5.74, 6) is 1.74. The maximum Gasteiger partial charge on any atom is 0.234 e. The minimum Gasteiger partial charge on any atom is -0.187 e. The number of rotatable bonds is 3. The highest BCUT2D eigenvalue weighted by molar-refractivity contribution is 7.19. The maximum atomic E-state index is 5.79. The van der Waals surface area contributed by atoms with Crippen molar-refractivity contribution in [3.05, 3.63) is 35.7 Å². The smallest absolute Gasteiger partial charge is 0.187 e. The van der Waals surface area contributed by atoms with Gasteiger partial charge in [0.05, 0.1) is 0 Å². The molecule has 0 saturated carbocycles. The van der Waals surface area contributed by atoms with Gasteiger partial charge in [0.1, 0.15) is 5.01 Å². The first-order chi connectivity index (χ1) is 9.19. The third-order valence-corrected chi connectivity index (χ3v) is 4.14. The highest BCUT2D eigenvalue weighted by atomic mass is 35.5. The SMILES string of the molecule is CC(C)c1nnc2sc(-c3ccc(CCl)cc3)nn12. The van der Waals surface area contributed by atoms with Gasteiger partial charge in [-0.15, -0.1) is 21.8 Å². The number of benzene rings is 1. The van der Waals surface area contributed by atoms with E-state index in [2.05, 4.69) is 29.1 Å². The molecule has 6 heteroatoms. The molecule has 0 amide bonds. The van der Waals surface area contributed by atoms with E-state index in [9.17, 15) is 0 Å². The van der Waals surface area contributed by atoms with E-state index in [0.717, 1.165) is 26.9 Å². The lowest BCUT2D eigenvalue weighted by Crippen LogP contribution is -1.97. The van der Waals surface area contributed by atoms with Crippen LogP contribution in [0.1, 0.15) is 31.2 Å².